The van der Waals surface area contributed by atoms with Crippen LogP contribution < -0.4 is 0 Å². The van der Waals surface area contributed by atoms with Gasteiger partial charge in [-0.15, -0.1) is 6.58 Å². The third-order valence-corrected chi connectivity index (χ3v) is 2.59. The van der Waals surface area contributed by atoms with Gasteiger partial charge in [0.1, 0.15) is 0 Å². The molecule has 0 spiro atoms. The molecule has 86 valence electrons. The van der Waals surface area contributed by atoms with Crippen molar-refractivity contribution in [1.82, 2.24) is 4.90 Å². The van der Waals surface area contributed by atoms with E-state index in [4.69, 9.17) is 9.84 Å². The fourth-order valence-corrected chi connectivity index (χ4v) is 1.64. The number of aliphatic hydroxyl groups excluding tert-OH is 1. The summed E-state index contributed by atoms with van der Waals surface area (Å²) in [5, 5.41) is 8.97. The smallest absolute Gasteiger partial charge is 0.223 e. The Balaban J connectivity index is 2.49. The average molecular weight is 213 g/mol. The van der Waals surface area contributed by atoms with Crippen LogP contribution in [0.2, 0.25) is 0 Å². The maximum absolute atomic E-state index is 11.8. The lowest BCUT2D eigenvalue weighted by atomic mass is 10.1. The highest BCUT2D eigenvalue weighted by atomic mass is 16.5. The summed E-state index contributed by atoms with van der Waals surface area (Å²) < 4.78 is 5.36. The Bertz CT molecular complexity index is 230. The quantitative estimate of drug-likeness (QED) is 0.694. The molecule has 0 aliphatic carbocycles. The lowest BCUT2D eigenvalue weighted by Gasteiger charge is -2.37. The molecule has 0 radical (unpaired) electrons. The molecule has 4 heteroatoms. The predicted octanol–water partition coefficient (Wildman–Crippen LogP) is 0.561. The van der Waals surface area contributed by atoms with E-state index in [1.165, 1.54) is 0 Å². The van der Waals surface area contributed by atoms with Crippen molar-refractivity contribution in [3.05, 3.63) is 12.7 Å². The second kappa shape index (κ2) is 5.88. The van der Waals surface area contributed by atoms with Gasteiger partial charge >= 0.3 is 0 Å². The largest absolute Gasteiger partial charge is 0.394 e. The number of morpholine rings is 1. The van der Waals surface area contributed by atoms with Gasteiger partial charge in [-0.25, -0.2) is 0 Å². The summed E-state index contributed by atoms with van der Waals surface area (Å²) in [7, 11) is 0. The zero-order valence-electron chi connectivity index (χ0n) is 9.19. The predicted molar refractivity (Wildman–Crippen MR) is 57.4 cm³/mol. The summed E-state index contributed by atoms with van der Waals surface area (Å²) in [6, 6.07) is 0.102. The standard InChI is InChI=1S/C11H19NO3/c1-3-4-5-11(14)12-6-10(7-13)15-8-9(12)2/h3,9-10,13H,1,4-8H2,2H3. The van der Waals surface area contributed by atoms with E-state index in [0.717, 1.165) is 0 Å². The maximum Gasteiger partial charge on any atom is 0.223 e. The van der Waals surface area contributed by atoms with Crippen LogP contribution in [-0.4, -0.2) is 47.8 Å². The third kappa shape index (κ3) is 3.32. The first-order valence-corrected chi connectivity index (χ1v) is 5.31. The molecule has 0 aromatic carbocycles. The first-order valence-electron chi connectivity index (χ1n) is 5.31. The van der Waals surface area contributed by atoms with E-state index in [1.807, 2.05) is 6.92 Å². The van der Waals surface area contributed by atoms with Crippen molar-refractivity contribution in [1.29, 1.82) is 0 Å². The molecule has 0 bridgehead atoms. The number of amides is 1. The van der Waals surface area contributed by atoms with E-state index in [2.05, 4.69) is 6.58 Å². The summed E-state index contributed by atoms with van der Waals surface area (Å²) in [5.41, 5.74) is 0. The number of aliphatic hydroxyl groups is 1. The average Bonchev–Trinajstić information content (AvgIpc) is 2.26. The van der Waals surface area contributed by atoms with Crippen LogP contribution in [0.3, 0.4) is 0 Å². The monoisotopic (exact) mass is 213 g/mol. The van der Waals surface area contributed by atoms with Crippen molar-refractivity contribution in [2.75, 3.05) is 19.8 Å². The van der Waals surface area contributed by atoms with E-state index < -0.39 is 0 Å². The molecule has 2 unspecified atom stereocenters. The number of nitrogens with zero attached hydrogens (tertiary/aromatic N) is 1. The highest BCUT2D eigenvalue weighted by molar-refractivity contribution is 5.76. The van der Waals surface area contributed by atoms with Crippen molar-refractivity contribution in [2.24, 2.45) is 0 Å². The Morgan fingerprint density at radius 1 is 1.73 bits per heavy atom. The third-order valence-electron chi connectivity index (χ3n) is 2.59. The van der Waals surface area contributed by atoms with E-state index in [1.54, 1.807) is 11.0 Å². The molecule has 1 saturated heterocycles. The van der Waals surface area contributed by atoms with Gasteiger partial charge in [-0.05, 0) is 13.3 Å². The number of allylic oxidation sites excluding steroid dienone is 1. The SMILES string of the molecule is C=CCCC(=O)N1CC(CO)OCC1C. The van der Waals surface area contributed by atoms with Crippen LogP contribution in [0.15, 0.2) is 12.7 Å². The normalized spacial score (nSPS) is 26.4. The maximum atomic E-state index is 11.8. The minimum atomic E-state index is -0.228. The molecule has 0 aromatic rings. The van der Waals surface area contributed by atoms with Crippen LogP contribution in [0.4, 0.5) is 0 Å². The molecular formula is C11H19NO3. The Hall–Kier alpha value is -0.870. The Kier molecular flexibility index (Phi) is 4.78. The zero-order valence-corrected chi connectivity index (χ0v) is 9.19. The number of ether oxygens (including phenoxy) is 1. The van der Waals surface area contributed by atoms with Crippen LogP contribution in [0, 0.1) is 0 Å². The van der Waals surface area contributed by atoms with Gasteiger partial charge in [-0.3, -0.25) is 4.79 Å². The molecule has 4 nitrogen and oxygen atoms in total. The molecule has 1 aliphatic rings. The number of hydrogen-bond donors (Lipinski definition) is 1. The van der Waals surface area contributed by atoms with Crippen LogP contribution in [0.1, 0.15) is 19.8 Å². The summed E-state index contributed by atoms with van der Waals surface area (Å²) in [6.07, 6.45) is 2.71. The van der Waals surface area contributed by atoms with Gasteiger partial charge in [-0.2, -0.15) is 0 Å². The first-order chi connectivity index (χ1) is 7.19. The minimum Gasteiger partial charge on any atom is -0.394 e. The van der Waals surface area contributed by atoms with E-state index >= 15 is 0 Å². The van der Waals surface area contributed by atoms with Crippen molar-refractivity contribution in [3.63, 3.8) is 0 Å². The molecule has 1 aliphatic heterocycles. The summed E-state index contributed by atoms with van der Waals surface area (Å²) in [4.78, 5) is 13.6. The van der Waals surface area contributed by atoms with Crippen LogP contribution in [0.25, 0.3) is 0 Å². The molecule has 2 atom stereocenters. The summed E-state index contributed by atoms with van der Waals surface area (Å²) in [6.45, 7) is 6.52. The minimum absolute atomic E-state index is 0.0298. The summed E-state index contributed by atoms with van der Waals surface area (Å²) >= 11 is 0. The fourth-order valence-electron chi connectivity index (χ4n) is 1.64. The van der Waals surface area contributed by atoms with Crippen LogP contribution in [-0.2, 0) is 9.53 Å². The van der Waals surface area contributed by atoms with Gasteiger partial charge in [0.05, 0.1) is 25.4 Å². The Morgan fingerprint density at radius 2 is 2.47 bits per heavy atom. The van der Waals surface area contributed by atoms with Crippen molar-refractivity contribution in [3.8, 4) is 0 Å². The number of carbonyl (C=O) groups is 1. The highest BCUT2D eigenvalue weighted by Gasteiger charge is 2.28. The van der Waals surface area contributed by atoms with Gasteiger partial charge in [0.25, 0.3) is 0 Å². The van der Waals surface area contributed by atoms with Gasteiger partial charge in [0, 0.05) is 13.0 Å². The van der Waals surface area contributed by atoms with E-state index in [0.29, 0.717) is 26.0 Å². The molecule has 1 N–H and O–H groups in total. The van der Waals surface area contributed by atoms with Crippen molar-refractivity contribution < 1.29 is 14.6 Å². The van der Waals surface area contributed by atoms with E-state index in [9.17, 15) is 4.79 Å². The lowest BCUT2D eigenvalue weighted by Crippen LogP contribution is -2.51. The molecule has 1 heterocycles. The number of rotatable bonds is 4. The molecule has 1 fully saturated rings. The second-order valence-electron chi connectivity index (χ2n) is 3.86. The molecule has 1 amide bonds. The topological polar surface area (TPSA) is 49.8 Å². The van der Waals surface area contributed by atoms with Crippen molar-refractivity contribution in [2.45, 2.75) is 31.9 Å². The second-order valence-corrected chi connectivity index (χ2v) is 3.86. The molecule has 1 rings (SSSR count). The van der Waals surface area contributed by atoms with E-state index in [-0.39, 0.29) is 24.7 Å². The van der Waals surface area contributed by atoms with Crippen LogP contribution in [0.5, 0.6) is 0 Å². The zero-order chi connectivity index (χ0) is 11.3. The Morgan fingerprint density at radius 3 is 3.07 bits per heavy atom. The van der Waals surface area contributed by atoms with Gasteiger partial charge in [-0.1, -0.05) is 6.08 Å². The van der Waals surface area contributed by atoms with Gasteiger partial charge in [0.15, 0.2) is 0 Å². The highest BCUT2D eigenvalue weighted by Crippen LogP contribution is 2.13. The fraction of sp³-hybridized carbons (Fsp3) is 0.727. The number of hydrogen-bond acceptors (Lipinski definition) is 3. The lowest BCUT2D eigenvalue weighted by molar-refractivity contribution is -0.146. The summed E-state index contributed by atoms with van der Waals surface area (Å²) in [5.74, 6) is 0.115. The van der Waals surface area contributed by atoms with Gasteiger partial charge < -0.3 is 14.7 Å². The van der Waals surface area contributed by atoms with Crippen LogP contribution >= 0.6 is 0 Å². The van der Waals surface area contributed by atoms with Crippen molar-refractivity contribution >= 4 is 5.91 Å². The van der Waals surface area contributed by atoms with Gasteiger partial charge in [0.2, 0.25) is 5.91 Å². The Labute approximate surface area is 90.5 Å². The molecule has 0 aromatic heterocycles. The first kappa shape index (κ1) is 12.2. The molecule has 0 saturated carbocycles. The number of carbonyl (C=O) groups excluding carboxylic acids is 1. The molecule has 15 heavy (non-hydrogen) atoms. The molecular weight excluding hydrogens is 194 g/mol.